The van der Waals surface area contributed by atoms with Crippen LogP contribution < -0.4 is 5.73 Å². The third-order valence-electron chi connectivity index (χ3n) is 5.36. The highest BCUT2D eigenvalue weighted by molar-refractivity contribution is 7.89. The van der Waals surface area contributed by atoms with Crippen LogP contribution in [0.1, 0.15) is 18.4 Å². The molecule has 7 nitrogen and oxygen atoms in total. The van der Waals surface area contributed by atoms with Gasteiger partial charge in [-0.1, -0.05) is 12.1 Å². The minimum Gasteiger partial charge on any atom is -0.327 e. The number of imidazole rings is 1. The second-order valence-electron chi connectivity index (χ2n) is 7.40. The summed E-state index contributed by atoms with van der Waals surface area (Å²) in [4.78, 5) is 4.63. The number of nitriles is 1. The molecule has 1 fully saturated rings. The van der Waals surface area contributed by atoms with Gasteiger partial charge in [0.25, 0.3) is 0 Å². The summed E-state index contributed by atoms with van der Waals surface area (Å²) in [6.45, 7) is 1.08. The lowest BCUT2D eigenvalue weighted by atomic mass is 10.0. The van der Waals surface area contributed by atoms with Gasteiger partial charge in [0.05, 0.1) is 40.4 Å². The molecule has 0 spiro atoms. The van der Waals surface area contributed by atoms with Crippen molar-refractivity contribution in [2.75, 3.05) is 19.6 Å². The van der Waals surface area contributed by atoms with Crippen molar-refractivity contribution in [2.24, 2.45) is 5.73 Å². The predicted octanol–water partition coefficient (Wildman–Crippen LogP) is 3.59. The number of allylic oxidation sites excluding steroid dienone is 1. The molecule has 1 aromatic heterocycles. The Balaban J connectivity index is 0.00000289. The molecule has 3 aromatic rings. The van der Waals surface area contributed by atoms with Gasteiger partial charge in [0.2, 0.25) is 10.0 Å². The maximum atomic E-state index is 14.0. The van der Waals surface area contributed by atoms with Gasteiger partial charge in [-0.2, -0.15) is 9.57 Å². The highest BCUT2D eigenvalue weighted by atomic mass is 35.5. The van der Waals surface area contributed by atoms with Crippen molar-refractivity contribution in [1.29, 1.82) is 5.26 Å². The molecule has 2 N–H and O–H groups in total. The van der Waals surface area contributed by atoms with E-state index in [0.29, 0.717) is 40.8 Å². The first-order chi connectivity index (χ1) is 14.9. The van der Waals surface area contributed by atoms with Crippen LogP contribution in [-0.4, -0.2) is 41.9 Å². The van der Waals surface area contributed by atoms with Gasteiger partial charge in [0.1, 0.15) is 5.83 Å². The van der Waals surface area contributed by atoms with Gasteiger partial charge >= 0.3 is 0 Å². The molecule has 0 radical (unpaired) electrons. The molecule has 0 unspecified atom stereocenters. The van der Waals surface area contributed by atoms with E-state index in [1.807, 2.05) is 0 Å². The molecular weight excluding hydrogens is 453 g/mol. The first-order valence-electron chi connectivity index (χ1n) is 9.98. The maximum absolute atomic E-state index is 14.0. The Bertz CT molecular complexity index is 1310. The number of rotatable bonds is 6. The van der Waals surface area contributed by atoms with E-state index in [0.717, 1.165) is 12.8 Å². The first-order valence-corrected chi connectivity index (χ1v) is 11.4. The first kappa shape index (κ1) is 23.9. The van der Waals surface area contributed by atoms with Crippen molar-refractivity contribution < 1.29 is 12.8 Å². The Labute approximate surface area is 192 Å². The van der Waals surface area contributed by atoms with Gasteiger partial charge in [-0.3, -0.25) is 0 Å². The van der Waals surface area contributed by atoms with E-state index < -0.39 is 15.9 Å². The fourth-order valence-corrected chi connectivity index (χ4v) is 5.39. The molecule has 32 heavy (non-hydrogen) atoms. The summed E-state index contributed by atoms with van der Waals surface area (Å²) < 4.78 is 43.1. The molecular formula is C22H23ClFN5O2S. The summed E-state index contributed by atoms with van der Waals surface area (Å²) >= 11 is 0. The van der Waals surface area contributed by atoms with Crippen molar-refractivity contribution in [1.82, 2.24) is 13.9 Å². The van der Waals surface area contributed by atoms with Crippen molar-refractivity contribution >= 4 is 33.5 Å². The average molecular weight is 476 g/mol. The summed E-state index contributed by atoms with van der Waals surface area (Å²) in [5.74, 6) is -0.399. The summed E-state index contributed by atoms with van der Waals surface area (Å²) in [7, 11) is -3.58. The standard InChI is InChI=1S/C22H22FN5O2S.ClH/c23-18(6-7-24)14-27-15-26-22-20(10-16(13-25)11-21(22)27)17-4-3-5-19(12-17)31(29,30)28-8-1-2-9-28;/h3-6,10-12,15H,1-2,7-9,14,24H2;1H/b18-6-;. The van der Waals surface area contributed by atoms with Gasteiger partial charge in [-0.25, -0.2) is 17.8 Å². The summed E-state index contributed by atoms with van der Waals surface area (Å²) in [6.07, 6.45) is 4.50. The molecule has 0 amide bonds. The van der Waals surface area contributed by atoms with Gasteiger partial charge in [0, 0.05) is 25.2 Å². The van der Waals surface area contributed by atoms with E-state index in [-0.39, 0.29) is 30.4 Å². The van der Waals surface area contributed by atoms with Crippen molar-refractivity contribution in [3.63, 3.8) is 0 Å². The Morgan fingerprint density at radius 1 is 1.25 bits per heavy atom. The van der Waals surface area contributed by atoms with Crippen LogP contribution in [0.15, 0.2) is 59.5 Å². The number of hydrogen-bond donors (Lipinski definition) is 1. The van der Waals surface area contributed by atoms with Crippen LogP contribution >= 0.6 is 12.4 Å². The lowest BCUT2D eigenvalue weighted by molar-refractivity contribution is 0.477. The number of nitrogens with two attached hydrogens (primary N) is 1. The Kier molecular flexibility index (Phi) is 7.31. The molecule has 10 heteroatoms. The number of aromatic nitrogens is 2. The Morgan fingerprint density at radius 3 is 2.69 bits per heavy atom. The zero-order valence-electron chi connectivity index (χ0n) is 17.2. The molecule has 2 aromatic carbocycles. The summed E-state index contributed by atoms with van der Waals surface area (Å²) in [6, 6.07) is 12.1. The Morgan fingerprint density at radius 2 is 2.00 bits per heavy atom. The zero-order chi connectivity index (χ0) is 22.0. The van der Waals surface area contributed by atoms with Crippen LogP contribution in [0.3, 0.4) is 0 Å². The molecule has 0 bridgehead atoms. The van der Waals surface area contributed by atoms with E-state index in [1.54, 1.807) is 41.0 Å². The predicted molar refractivity (Wildman–Crippen MR) is 123 cm³/mol. The van der Waals surface area contributed by atoms with Crippen LogP contribution in [0.4, 0.5) is 4.39 Å². The van der Waals surface area contributed by atoms with E-state index in [2.05, 4.69) is 11.1 Å². The van der Waals surface area contributed by atoms with E-state index >= 15 is 0 Å². The van der Waals surface area contributed by atoms with Gasteiger partial charge in [-0.15, -0.1) is 12.4 Å². The third kappa shape index (κ3) is 4.54. The fourth-order valence-electron chi connectivity index (χ4n) is 3.83. The highest BCUT2D eigenvalue weighted by Gasteiger charge is 2.27. The fraction of sp³-hybridized carbons (Fsp3) is 0.273. The molecule has 0 saturated carbocycles. The minimum absolute atomic E-state index is 0. The number of halogens is 2. The molecule has 0 aliphatic carbocycles. The SMILES string of the molecule is Cl.N#Cc1cc(-c2cccc(S(=O)(=O)N3CCCC3)c2)c2ncn(C/C(F)=C/CN)c2c1. The largest absolute Gasteiger partial charge is 0.327 e. The van der Waals surface area contributed by atoms with Crippen LogP contribution in [0.2, 0.25) is 0 Å². The monoisotopic (exact) mass is 475 g/mol. The van der Waals surface area contributed by atoms with Crippen LogP contribution in [0.25, 0.3) is 22.2 Å². The van der Waals surface area contributed by atoms with Gasteiger partial charge in [-0.05, 0) is 48.7 Å². The third-order valence-corrected chi connectivity index (χ3v) is 7.26. The number of hydrogen-bond acceptors (Lipinski definition) is 5. The normalized spacial score (nSPS) is 15.0. The minimum atomic E-state index is -3.58. The molecule has 0 atom stereocenters. The molecule has 1 saturated heterocycles. The molecule has 4 rings (SSSR count). The van der Waals surface area contributed by atoms with E-state index in [4.69, 9.17) is 5.73 Å². The number of sulfonamides is 1. The van der Waals surface area contributed by atoms with Crippen molar-refractivity contribution in [3.05, 3.63) is 60.2 Å². The summed E-state index contributed by atoms with van der Waals surface area (Å²) in [5, 5.41) is 9.51. The van der Waals surface area contributed by atoms with Crippen molar-refractivity contribution in [2.45, 2.75) is 24.3 Å². The topological polar surface area (TPSA) is 105 Å². The quantitative estimate of drug-likeness (QED) is 0.586. The smallest absolute Gasteiger partial charge is 0.243 e. The molecule has 168 valence electrons. The molecule has 1 aliphatic rings. The maximum Gasteiger partial charge on any atom is 0.243 e. The molecule has 2 heterocycles. The second kappa shape index (κ2) is 9.79. The van der Waals surface area contributed by atoms with Crippen LogP contribution in [0, 0.1) is 11.3 Å². The van der Waals surface area contributed by atoms with Gasteiger partial charge < -0.3 is 10.3 Å². The summed E-state index contributed by atoms with van der Waals surface area (Å²) in [5.41, 5.74) is 8.15. The van der Waals surface area contributed by atoms with Crippen LogP contribution in [0.5, 0.6) is 0 Å². The van der Waals surface area contributed by atoms with Crippen LogP contribution in [-0.2, 0) is 16.6 Å². The number of nitrogens with zero attached hydrogens (tertiary/aromatic N) is 4. The molecule has 1 aliphatic heterocycles. The van der Waals surface area contributed by atoms with Gasteiger partial charge in [0.15, 0.2) is 0 Å². The average Bonchev–Trinajstić information content (AvgIpc) is 3.44. The lowest BCUT2D eigenvalue weighted by Crippen LogP contribution is -2.27. The number of benzene rings is 2. The van der Waals surface area contributed by atoms with E-state index in [1.165, 1.54) is 16.7 Å². The highest BCUT2D eigenvalue weighted by Crippen LogP contribution is 2.32. The Hall–Kier alpha value is -2.77. The number of fused-ring (bicyclic) bond motifs is 1. The lowest BCUT2D eigenvalue weighted by Gasteiger charge is -2.16. The van der Waals surface area contributed by atoms with E-state index in [9.17, 15) is 18.1 Å². The second-order valence-corrected chi connectivity index (χ2v) is 9.34. The zero-order valence-corrected chi connectivity index (χ0v) is 18.9. The van der Waals surface area contributed by atoms with Crippen molar-refractivity contribution in [3.8, 4) is 17.2 Å².